The van der Waals surface area contributed by atoms with Crippen LogP contribution in [0.4, 0.5) is 0 Å². The molecule has 0 bridgehead atoms. The second-order valence-electron chi connectivity index (χ2n) is 4.70. The lowest BCUT2D eigenvalue weighted by Gasteiger charge is -2.26. The number of rotatable bonds is 3. The Hall–Kier alpha value is 0.610. The van der Waals surface area contributed by atoms with E-state index in [1.807, 2.05) is 6.92 Å². The second-order valence-corrected chi connectivity index (χ2v) is 6.94. The fourth-order valence-electron chi connectivity index (χ4n) is 1.72. The van der Waals surface area contributed by atoms with Crippen molar-refractivity contribution in [2.45, 2.75) is 48.9 Å². The SMILES string of the molecule is CC(C)N(C)CC1CC(O)C(C)(I)N1. The van der Waals surface area contributed by atoms with E-state index in [0.29, 0.717) is 12.1 Å². The van der Waals surface area contributed by atoms with Crippen molar-refractivity contribution in [3.8, 4) is 0 Å². The van der Waals surface area contributed by atoms with Gasteiger partial charge < -0.3 is 10.0 Å². The van der Waals surface area contributed by atoms with Crippen molar-refractivity contribution >= 4 is 22.6 Å². The van der Waals surface area contributed by atoms with Crippen LogP contribution >= 0.6 is 22.6 Å². The highest BCUT2D eigenvalue weighted by Crippen LogP contribution is 2.30. The van der Waals surface area contributed by atoms with Crippen molar-refractivity contribution in [3.63, 3.8) is 0 Å². The highest BCUT2D eigenvalue weighted by Gasteiger charge is 2.40. The molecule has 0 aromatic carbocycles. The lowest BCUT2D eigenvalue weighted by atomic mass is 10.1. The molecule has 0 saturated carbocycles. The van der Waals surface area contributed by atoms with E-state index in [0.717, 1.165) is 13.0 Å². The van der Waals surface area contributed by atoms with Gasteiger partial charge in [0.2, 0.25) is 0 Å². The molecule has 0 aromatic rings. The standard InChI is InChI=1S/C10H21IN2O/c1-7(2)13(4)6-8-5-9(14)10(3,11)12-8/h7-9,12,14H,5-6H2,1-4H3. The Morgan fingerprint density at radius 3 is 2.57 bits per heavy atom. The lowest BCUT2D eigenvalue weighted by molar-refractivity contribution is 0.157. The van der Waals surface area contributed by atoms with Gasteiger partial charge in [-0.25, -0.2) is 0 Å². The minimum atomic E-state index is -0.228. The number of aliphatic hydroxyl groups is 1. The largest absolute Gasteiger partial charge is 0.390 e. The molecule has 3 unspecified atom stereocenters. The predicted octanol–water partition coefficient (Wildman–Crippen LogP) is 1.20. The Kier molecular flexibility index (Phi) is 4.20. The van der Waals surface area contributed by atoms with E-state index in [4.69, 9.17) is 0 Å². The number of hydrogen-bond donors (Lipinski definition) is 2. The highest BCUT2D eigenvalue weighted by atomic mass is 127. The third-order valence-electron chi connectivity index (χ3n) is 3.01. The van der Waals surface area contributed by atoms with Gasteiger partial charge in [0.1, 0.15) is 0 Å². The van der Waals surface area contributed by atoms with Crippen LogP contribution in [0, 0.1) is 0 Å². The molecule has 3 atom stereocenters. The summed E-state index contributed by atoms with van der Waals surface area (Å²) in [4.78, 5) is 2.31. The molecule has 1 heterocycles. The summed E-state index contributed by atoms with van der Waals surface area (Å²) in [7, 11) is 2.13. The number of nitrogens with zero attached hydrogens (tertiary/aromatic N) is 1. The van der Waals surface area contributed by atoms with Gasteiger partial charge in [0.25, 0.3) is 0 Å². The zero-order chi connectivity index (χ0) is 10.9. The summed E-state index contributed by atoms with van der Waals surface area (Å²) in [6.07, 6.45) is 0.630. The maximum Gasteiger partial charge on any atom is 0.0941 e. The van der Waals surface area contributed by atoms with E-state index >= 15 is 0 Å². The van der Waals surface area contributed by atoms with Crippen LogP contribution in [0.3, 0.4) is 0 Å². The van der Waals surface area contributed by atoms with Crippen molar-refractivity contribution in [1.29, 1.82) is 0 Å². The van der Waals surface area contributed by atoms with Crippen molar-refractivity contribution in [2.24, 2.45) is 0 Å². The van der Waals surface area contributed by atoms with Crippen molar-refractivity contribution in [1.82, 2.24) is 10.2 Å². The number of alkyl halides is 1. The molecule has 0 aromatic heterocycles. The zero-order valence-electron chi connectivity index (χ0n) is 9.42. The van der Waals surface area contributed by atoms with Crippen molar-refractivity contribution in [3.05, 3.63) is 0 Å². The second kappa shape index (κ2) is 4.63. The number of nitrogens with one attached hydrogen (secondary N) is 1. The average Bonchev–Trinajstić information content (AvgIpc) is 2.25. The normalized spacial score (nSPS) is 38.6. The summed E-state index contributed by atoms with van der Waals surface area (Å²) in [5.74, 6) is 0. The molecule has 0 spiro atoms. The number of hydrogen-bond acceptors (Lipinski definition) is 3. The van der Waals surface area contributed by atoms with Crippen LogP contribution in [-0.4, -0.2) is 45.3 Å². The average molecular weight is 312 g/mol. The molecular weight excluding hydrogens is 291 g/mol. The Balaban J connectivity index is 2.43. The van der Waals surface area contributed by atoms with Crippen LogP contribution in [0.15, 0.2) is 0 Å². The van der Waals surface area contributed by atoms with Gasteiger partial charge in [-0.2, -0.15) is 0 Å². The predicted molar refractivity (Wildman–Crippen MR) is 67.7 cm³/mol. The van der Waals surface area contributed by atoms with Crippen LogP contribution in [0.5, 0.6) is 0 Å². The highest BCUT2D eigenvalue weighted by molar-refractivity contribution is 14.1. The van der Waals surface area contributed by atoms with Gasteiger partial charge in [-0.05, 0) is 34.2 Å². The summed E-state index contributed by atoms with van der Waals surface area (Å²) in [6.45, 7) is 7.43. The van der Waals surface area contributed by atoms with E-state index in [1.54, 1.807) is 0 Å². The van der Waals surface area contributed by atoms with Crippen molar-refractivity contribution < 1.29 is 5.11 Å². The van der Waals surface area contributed by atoms with E-state index in [-0.39, 0.29) is 9.65 Å². The summed E-state index contributed by atoms with van der Waals surface area (Å²) in [6, 6.07) is 0.981. The first-order chi connectivity index (χ1) is 6.33. The molecule has 0 aliphatic carbocycles. The van der Waals surface area contributed by atoms with E-state index in [1.165, 1.54) is 0 Å². The molecule has 14 heavy (non-hydrogen) atoms. The molecule has 0 amide bonds. The molecule has 1 rings (SSSR count). The third-order valence-corrected chi connectivity index (χ3v) is 4.04. The summed E-state index contributed by atoms with van der Waals surface area (Å²) in [5.41, 5.74) is 0. The van der Waals surface area contributed by atoms with Gasteiger partial charge in [-0.15, -0.1) is 0 Å². The van der Waals surface area contributed by atoms with E-state index in [2.05, 4.69) is 53.7 Å². The quantitative estimate of drug-likeness (QED) is 0.467. The monoisotopic (exact) mass is 312 g/mol. The number of aliphatic hydroxyl groups excluding tert-OH is 1. The molecule has 1 aliphatic rings. The smallest absolute Gasteiger partial charge is 0.0941 e. The first-order valence-electron chi connectivity index (χ1n) is 5.18. The number of likely N-dealkylation sites (N-methyl/N-ethyl adjacent to an activating group) is 1. The van der Waals surface area contributed by atoms with Crippen LogP contribution in [-0.2, 0) is 0 Å². The molecule has 1 fully saturated rings. The Morgan fingerprint density at radius 1 is 1.64 bits per heavy atom. The fourth-order valence-corrected chi connectivity index (χ4v) is 2.42. The molecule has 1 aliphatic heterocycles. The van der Waals surface area contributed by atoms with Crippen LogP contribution in [0.1, 0.15) is 27.2 Å². The van der Waals surface area contributed by atoms with Gasteiger partial charge in [-0.1, -0.05) is 22.6 Å². The van der Waals surface area contributed by atoms with Gasteiger partial charge >= 0.3 is 0 Å². The van der Waals surface area contributed by atoms with Gasteiger partial charge in [0, 0.05) is 18.6 Å². The first kappa shape index (κ1) is 12.7. The molecule has 3 nitrogen and oxygen atoms in total. The van der Waals surface area contributed by atoms with Crippen LogP contribution in [0.25, 0.3) is 0 Å². The van der Waals surface area contributed by atoms with E-state index in [9.17, 15) is 5.11 Å². The molecule has 1 saturated heterocycles. The van der Waals surface area contributed by atoms with Crippen LogP contribution in [0.2, 0.25) is 0 Å². The molecule has 4 heteroatoms. The topological polar surface area (TPSA) is 35.5 Å². The minimum Gasteiger partial charge on any atom is -0.390 e. The molecule has 0 radical (unpaired) electrons. The Bertz CT molecular complexity index is 197. The maximum atomic E-state index is 9.79. The molecule has 2 N–H and O–H groups in total. The summed E-state index contributed by atoms with van der Waals surface area (Å²) < 4.78 is -0.153. The Morgan fingerprint density at radius 2 is 2.21 bits per heavy atom. The Labute approximate surface area is 100 Å². The summed E-state index contributed by atoms with van der Waals surface area (Å²) in [5, 5.41) is 13.3. The van der Waals surface area contributed by atoms with E-state index < -0.39 is 0 Å². The first-order valence-corrected chi connectivity index (χ1v) is 6.25. The third kappa shape index (κ3) is 3.05. The molecule has 84 valence electrons. The molecular formula is C10H21IN2O. The van der Waals surface area contributed by atoms with Crippen LogP contribution < -0.4 is 5.32 Å². The number of halogens is 1. The van der Waals surface area contributed by atoms with Gasteiger partial charge in [0.15, 0.2) is 0 Å². The summed E-state index contributed by atoms with van der Waals surface area (Å²) >= 11 is 2.29. The van der Waals surface area contributed by atoms with Gasteiger partial charge in [-0.3, -0.25) is 5.32 Å². The van der Waals surface area contributed by atoms with Gasteiger partial charge in [0.05, 0.1) is 9.65 Å². The lowest BCUT2D eigenvalue weighted by Crippen LogP contribution is -2.44. The zero-order valence-corrected chi connectivity index (χ0v) is 11.6. The fraction of sp³-hybridized carbons (Fsp3) is 1.00. The van der Waals surface area contributed by atoms with Crippen molar-refractivity contribution in [2.75, 3.05) is 13.6 Å². The maximum absolute atomic E-state index is 9.79. The minimum absolute atomic E-state index is 0.153.